The molecule has 0 amide bonds. The highest BCUT2D eigenvalue weighted by Gasteiger charge is 2.22. The zero-order chi connectivity index (χ0) is 21.8. The standard InChI is InChI=1S/C20H17ClF2N2O4S/c1-4-29-19(26)18-17(10-5-6-12(22)13(23)7-10)25-20(30-18)24-14-8-11(21)15(27-2)9-16(14)28-3/h5-9H,4H2,1-3H3,(H,24,25). The molecule has 0 radical (unpaired) electrons. The fourth-order valence-corrected chi connectivity index (χ4v) is 3.76. The number of hydrogen-bond donors (Lipinski definition) is 1. The summed E-state index contributed by atoms with van der Waals surface area (Å²) in [5.41, 5.74) is 0.878. The van der Waals surface area contributed by atoms with E-state index in [9.17, 15) is 13.6 Å². The first-order valence-corrected chi connectivity index (χ1v) is 9.89. The summed E-state index contributed by atoms with van der Waals surface area (Å²) in [5, 5.41) is 3.68. The van der Waals surface area contributed by atoms with Crippen molar-refractivity contribution in [2.45, 2.75) is 6.92 Å². The molecule has 0 spiro atoms. The van der Waals surface area contributed by atoms with Gasteiger partial charge < -0.3 is 19.5 Å². The minimum absolute atomic E-state index is 0.143. The number of benzene rings is 2. The maximum atomic E-state index is 13.7. The summed E-state index contributed by atoms with van der Waals surface area (Å²) in [7, 11) is 2.96. The van der Waals surface area contributed by atoms with Gasteiger partial charge in [-0.15, -0.1) is 0 Å². The van der Waals surface area contributed by atoms with Gasteiger partial charge in [0.25, 0.3) is 0 Å². The summed E-state index contributed by atoms with van der Waals surface area (Å²) < 4.78 is 42.7. The second-order valence-electron chi connectivity index (χ2n) is 5.86. The summed E-state index contributed by atoms with van der Waals surface area (Å²) in [6.07, 6.45) is 0. The van der Waals surface area contributed by atoms with E-state index in [0.29, 0.717) is 27.3 Å². The van der Waals surface area contributed by atoms with Gasteiger partial charge in [-0.1, -0.05) is 22.9 Å². The van der Waals surface area contributed by atoms with Gasteiger partial charge in [-0.2, -0.15) is 0 Å². The van der Waals surface area contributed by atoms with E-state index in [1.165, 1.54) is 20.3 Å². The molecule has 0 unspecified atom stereocenters. The van der Waals surface area contributed by atoms with Crippen molar-refractivity contribution < 1.29 is 27.8 Å². The van der Waals surface area contributed by atoms with E-state index in [1.54, 1.807) is 19.1 Å². The predicted molar refractivity (Wildman–Crippen MR) is 111 cm³/mol. The number of anilines is 2. The molecule has 3 aromatic rings. The van der Waals surface area contributed by atoms with Gasteiger partial charge in [-0.3, -0.25) is 0 Å². The molecule has 6 nitrogen and oxygen atoms in total. The molecular weight excluding hydrogens is 438 g/mol. The third-order valence-electron chi connectivity index (χ3n) is 4.00. The van der Waals surface area contributed by atoms with Crippen molar-refractivity contribution in [3.63, 3.8) is 0 Å². The molecule has 0 atom stereocenters. The van der Waals surface area contributed by atoms with Gasteiger partial charge in [0.1, 0.15) is 16.4 Å². The number of hydrogen-bond acceptors (Lipinski definition) is 7. The van der Waals surface area contributed by atoms with Crippen LogP contribution >= 0.6 is 22.9 Å². The van der Waals surface area contributed by atoms with Crippen LogP contribution in [0.5, 0.6) is 11.5 Å². The predicted octanol–water partition coefficient (Wildman–Crippen LogP) is 5.68. The van der Waals surface area contributed by atoms with Crippen LogP contribution in [0.15, 0.2) is 30.3 Å². The molecule has 10 heteroatoms. The number of carbonyl (C=O) groups excluding carboxylic acids is 1. The lowest BCUT2D eigenvalue weighted by molar-refractivity contribution is 0.0532. The summed E-state index contributed by atoms with van der Waals surface area (Å²) in [6, 6.07) is 6.47. The molecule has 0 bridgehead atoms. The van der Waals surface area contributed by atoms with E-state index in [2.05, 4.69) is 10.3 Å². The first-order chi connectivity index (χ1) is 14.4. The number of nitrogens with one attached hydrogen (secondary N) is 1. The van der Waals surface area contributed by atoms with E-state index in [4.69, 9.17) is 25.8 Å². The molecule has 0 fully saturated rings. The van der Waals surface area contributed by atoms with Crippen molar-refractivity contribution >= 4 is 39.7 Å². The fourth-order valence-electron chi connectivity index (χ4n) is 2.62. The van der Waals surface area contributed by atoms with Crippen LogP contribution in [0.1, 0.15) is 16.6 Å². The number of nitrogens with zero attached hydrogens (tertiary/aromatic N) is 1. The second kappa shape index (κ2) is 9.27. The number of rotatable bonds is 7. The lowest BCUT2D eigenvalue weighted by Gasteiger charge is -2.12. The van der Waals surface area contributed by atoms with Crippen LogP contribution in [-0.4, -0.2) is 31.8 Å². The third kappa shape index (κ3) is 4.47. The maximum absolute atomic E-state index is 13.7. The molecule has 158 valence electrons. The van der Waals surface area contributed by atoms with Crippen molar-refractivity contribution in [3.8, 4) is 22.8 Å². The molecule has 3 rings (SSSR count). The Kier molecular flexibility index (Phi) is 6.73. The Morgan fingerprint density at radius 1 is 1.13 bits per heavy atom. The molecular formula is C20H17ClF2N2O4S. The van der Waals surface area contributed by atoms with Gasteiger partial charge in [-0.25, -0.2) is 18.6 Å². The second-order valence-corrected chi connectivity index (χ2v) is 7.26. The fraction of sp³-hybridized carbons (Fsp3) is 0.200. The molecule has 0 aliphatic rings. The van der Waals surface area contributed by atoms with Gasteiger partial charge >= 0.3 is 5.97 Å². The van der Waals surface area contributed by atoms with Gasteiger partial charge in [0.15, 0.2) is 16.8 Å². The van der Waals surface area contributed by atoms with Crippen molar-refractivity contribution in [1.82, 2.24) is 4.98 Å². The summed E-state index contributed by atoms with van der Waals surface area (Å²) in [6.45, 7) is 1.82. The van der Waals surface area contributed by atoms with E-state index < -0.39 is 17.6 Å². The zero-order valence-electron chi connectivity index (χ0n) is 16.2. The Morgan fingerprint density at radius 2 is 1.87 bits per heavy atom. The highest BCUT2D eigenvalue weighted by Crippen LogP contribution is 2.40. The van der Waals surface area contributed by atoms with Crippen molar-refractivity contribution in [2.75, 3.05) is 26.1 Å². The molecule has 0 saturated carbocycles. The lowest BCUT2D eigenvalue weighted by atomic mass is 10.1. The van der Waals surface area contributed by atoms with Crippen LogP contribution in [0.2, 0.25) is 5.02 Å². The molecule has 1 N–H and O–H groups in total. The van der Waals surface area contributed by atoms with E-state index in [0.717, 1.165) is 23.5 Å². The van der Waals surface area contributed by atoms with Crippen molar-refractivity contribution in [2.24, 2.45) is 0 Å². The van der Waals surface area contributed by atoms with E-state index in [-0.39, 0.29) is 22.7 Å². The van der Waals surface area contributed by atoms with Crippen molar-refractivity contribution in [1.29, 1.82) is 0 Å². The summed E-state index contributed by atoms with van der Waals surface area (Å²) in [5.74, 6) is -1.81. The summed E-state index contributed by atoms with van der Waals surface area (Å²) >= 11 is 7.19. The van der Waals surface area contributed by atoms with Crippen LogP contribution in [0.4, 0.5) is 19.6 Å². The average Bonchev–Trinajstić information content (AvgIpc) is 3.14. The number of ether oxygens (including phenoxy) is 3. The Bertz CT molecular complexity index is 1090. The molecule has 30 heavy (non-hydrogen) atoms. The molecule has 0 aliphatic heterocycles. The Labute approximate surface area is 180 Å². The molecule has 1 aromatic heterocycles. The van der Waals surface area contributed by atoms with E-state index in [1.807, 2.05) is 0 Å². The Morgan fingerprint density at radius 3 is 2.50 bits per heavy atom. The van der Waals surface area contributed by atoms with Crippen LogP contribution in [-0.2, 0) is 4.74 Å². The van der Waals surface area contributed by atoms with Crippen LogP contribution < -0.4 is 14.8 Å². The van der Waals surface area contributed by atoms with Crippen LogP contribution in [0.3, 0.4) is 0 Å². The number of thiazole rings is 1. The van der Waals surface area contributed by atoms with Crippen molar-refractivity contribution in [3.05, 3.63) is 51.9 Å². The monoisotopic (exact) mass is 454 g/mol. The number of methoxy groups -OCH3 is 2. The highest BCUT2D eigenvalue weighted by atomic mass is 35.5. The van der Waals surface area contributed by atoms with Crippen LogP contribution in [0, 0.1) is 11.6 Å². The number of aromatic nitrogens is 1. The lowest BCUT2D eigenvalue weighted by Crippen LogP contribution is -2.04. The first-order valence-electron chi connectivity index (χ1n) is 8.69. The van der Waals surface area contributed by atoms with Gasteiger partial charge in [0.2, 0.25) is 0 Å². The van der Waals surface area contributed by atoms with Gasteiger partial charge in [-0.05, 0) is 31.2 Å². The molecule has 0 aliphatic carbocycles. The quantitative estimate of drug-likeness (QED) is 0.463. The Hall–Kier alpha value is -2.91. The van der Waals surface area contributed by atoms with Gasteiger partial charge in [0, 0.05) is 11.6 Å². The zero-order valence-corrected chi connectivity index (χ0v) is 17.8. The number of carbonyl (C=O) groups is 1. The normalized spacial score (nSPS) is 10.6. The summed E-state index contributed by atoms with van der Waals surface area (Å²) in [4.78, 5) is 16.9. The molecule has 1 heterocycles. The SMILES string of the molecule is CCOC(=O)c1sc(Nc2cc(Cl)c(OC)cc2OC)nc1-c1ccc(F)c(F)c1. The molecule has 2 aromatic carbocycles. The largest absolute Gasteiger partial charge is 0.495 e. The average molecular weight is 455 g/mol. The van der Waals surface area contributed by atoms with E-state index >= 15 is 0 Å². The van der Waals surface area contributed by atoms with Crippen LogP contribution in [0.25, 0.3) is 11.3 Å². The topological polar surface area (TPSA) is 69.7 Å². The smallest absolute Gasteiger partial charge is 0.350 e. The maximum Gasteiger partial charge on any atom is 0.350 e. The molecule has 0 saturated heterocycles. The minimum atomic E-state index is -1.05. The minimum Gasteiger partial charge on any atom is -0.495 e. The Balaban J connectivity index is 2.05. The van der Waals surface area contributed by atoms with Gasteiger partial charge in [0.05, 0.1) is 37.2 Å². The third-order valence-corrected chi connectivity index (χ3v) is 5.24. The number of esters is 1. The highest BCUT2D eigenvalue weighted by molar-refractivity contribution is 7.18. The number of halogens is 3. The first kappa shape index (κ1) is 21.8.